The number of hydrogen-bond acceptors (Lipinski definition) is 7. The molecule has 0 unspecified atom stereocenters. The number of hydrogen-bond donors (Lipinski definition) is 1. The van der Waals surface area contributed by atoms with Crippen LogP contribution in [0.4, 0.5) is 11.9 Å². The van der Waals surface area contributed by atoms with Crippen molar-refractivity contribution in [1.82, 2.24) is 19.5 Å². The predicted molar refractivity (Wildman–Crippen MR) is 78.1 cm³/mol. The third-order valence-electron chi connectivity index (χ3n) is 2.60. The van der Waals surface area contributed by atoms with Crippen LogP contribution in [-0.4, -0.2) is 39.6 Å². The largest absolute Gasteiger partial charge is 0.453 e. The van der Waals surface area contributed by atoms with Gasteiger partial charge in [0.15, 0.2) is 12.4 Å². The van der Waals surface area contributed by atoms with Gasteiger partial charge >= 0.3 is 5.97 Å². The number of rotatable bonds is 4. The summed E-state index contributed by atoms with van der Waals surface area (Å²) < 4.78 is 6.73. The number of nitrogens with two attached hydrogens (primary N) is 1. The van der Waals surface area contributed by atoms with Crippen molar-refractivity contribution in [2.75, 3.05) is 24.7 Å². The number of nitrogen functional groups attached to an aromatic ring is 1. The number of nitrogens with zero attached hydrogens (tertiary/aromatic N) is 5. The Bertz CT molecular complexity index is 670. The molecule has 2 N–H and O–H groups in total. The molecule has 9 heteroatoms. The maximum absolute atomic E-state index is 11.9. The molecule has 0 saturated heterocycles. The quantitative estimate of drug-likeness (QED) is 0.836. The van der Waals surface area contributed by atoms with Crippen molar-refractivity contribution in [2.45, 2.75) is 6.61 Å². The van der Waals surface area contributed by atoms with Gasteiger partial charge in [-0.3, -0.25) is 0 Å². The van der Waals surface area contributed by atoms with E-state index in [1.54, 1.807) is 36.8 Å². The number of anilines is 2. The zero-order valence-electron chi connectivity index (χ0n) is 11.9. The second-order valence-electron chi connectivity index (χ2n) is 4.53. The average Bonchev–Trinajstić information content (AvgIpc) is 2.74. The van der Waals surface area contributed by atoms with Crippen LogP contribution in [0.25, 0.3) is 0 Å². The molecule has 0 bridgehead atoms. The Labute approximate surface area is 126 Å². The molecule has 0 fully saturated rings. The molecule has 2 aromatic rings. The van der Waals surface area contributed by atoms with E-state index >= 15 is 0 Å². The molecule has 21 heavy (non-hydrogen) atoms. The Morgan fingerprint density at radius 2 is 2.14 bits per heavy atom. The van der Waals surface area contributed by atoms with Crippen molar-refractivity contribution in [3.63, 3.8) is 0 Å². The Hall–Kier alpha value is -2.35. The minimum absolute atomic E-state index is 0.0710. The van der Waals surface area contributed by atoms with Crippen LogP contribution >= 0.6 is 11.6 Å². The van der Waals surface area contributed by atoms with Gasteiger partial charge in [0, 0.05) is 27.3 Å². The summed E-state index contributed by atoms with van der Waals surface area (Å²) in [6, 6.07) is 1.52. The number of aryl methyl sites for hydroxylation is 1. The molecule has 2 aromatic heterocycles. The van der Waals surface area contributed by atoms with Crippen LogP contribution in [0.1, 0.15) is 16.3 Å². The van der Waals surface area contributed by atoms with Crippen molar-refractivity contribution >= 4 is 29.5 Å². The van der Waals surface area contributed by atoms with E-state index in [0.29, 0.717) is 16.7 Å². The van der Waals surface area contributed by atoms with Gasteiger partial charge in [-0.1, -0.05) is 11.6 Å². The summed E-state index contributed by atoms with van der Waals surface area (Å²) in [5.41, 5.74) is 5.93. The van der Waals surface area contributed by atoms with Crippen molar-refractivity contribution < 1.29 is 9.53 Å². The Kier molecular flexibility index (Phi) is 4.27. The summed E-state index contributed by atoms with van der Waals surface area (Å²) in [6.07, 6.45) is 1.61. The highest BCUT2D eigenvalue weighted by atomic mass is 35.5. The fourth-order valence-corrected chi connectivity index (χ4v) is 1.87. The van der Waals surface area contributed by atoms with Crippen LogP contribution < -0.4 is 10.6 Å². The van der Waals surface area contributed by atoms with Crippen LogP contribution in [0, 0.1) is 0 Å². The van der Waals surface area contributed by atoms with Crippen LogP contribution in [-0.2, 0) is 18.4 Å². The first-order chi connectivity index (χ1) is 9.86. The normalized spacial score (nSPS) is 10.5. The molecule has 0 saturated carbocycles. The smallest absolute Gasteiger partial charge is 0.355 e. The highest BCUT2D eigenvalue weighted by Gasteiger charge is 2.14. The van der Waals surface area contributed by atoms with Gasteiger partial charge in [-0.15, -0.1) is 0 Å². The van der Waals surface area contributed by atoms with Gasteiger partial charge in [0.25, 0.3) is 0 Å². The SMILES string of the molecule is CN(C)c1nc(N)nc(COC(=O)c2cc(Cl)cn2C)n1. The summed E-state index contributed by atoms with van der Waals surface area (Å²) in [4.78, 5) is 25.6. The summed E-state index contributed by atoms with van der Waals surface area (Å²) in [7, 11) is 5.25. The highest BCUT2D eigenvalue weighted by molar-refractivity contribution is 6.30. The predicted octanol–water partition coefficient (Wildman–Crippen LogP) is 0.869. The zero-order valence-corrected chi connectivity index (χ0v) is 12.6. The molecular weight excluding hydrogens is 296 g/mol. The van der Waals surface area contributed by atoms with Gasteiger partial charge in [-0.25, -0.2) is 4.79 Å². The summed E-state index contributed by atoms with van der Waals surface area (Å²) in [6.45, 7) is -0.102. The molecular formula is C12H15ClN6O2. The molecule has 0 aliphatic rings. The zero-order chi connectivity index (χ0) is 15.6. The Morgan fingerprint density at radius 1 is 1.43 bits per heavy atom. The maximum atomic E-state index is 11.9. The molecule has 0 aliphatic heterocycles. The number of carbonyl (C=O) groups excluding carboxylic acids is 1. The summed E-state index contributed by atoms with van der Waals surface area (Å²) in [5, 5.41) is 0.462. The summed E-state index contributed by atoms with van der Waals surface area (Å²) >= 11 is 5.82. The van der Waals surface area contributed by atoms with E-state index in [1.165, 1.54) is 6.07 Å². The minimum Gasteiger partial charge on any atom is -0.453 e. The standard InChI is InChI=1S/C12H15ClN6O2/c1-18(2)12-16-9(15-11(14)17-12)6-21-10(20)8-4-7(13)5-19(8)3/h4-5H,6H2,1-3H3,(H2,14,15,16,17). The number of ether oxygens (including phenoxy) is 1. The lowest BCUT2D eigenvalue weighted by Gasteiger charge is -2.11. The van der Waals surface area contributed by atoms with Crippen molar-refractivity contribution in [3.05, 3.63) is 28.8 Å². The van der Waals surface area contributed by atoms with Crippen molar-refractivity contribution in [1.29, 1.82) is 0 Å². The van der Waals surface area contributed by atoms with E-state index in [9.17, 15) is 4.79 Å². The van der Waals surface area contributed by atoms with Crippen LogP contribution in [0.5, 0.6) is 0 Å². The summed E-state index contributed by atoms with van der Waals surface area (Å²) in [5.74, 6) is 0.228. The molecule has 8 nitrogen and oxygen atoms in total. The minimum atomic E-state index is -0.519. The van der Waals surface area contributed by atoms with Crippen LogP contribution in [0.3, 0.4) is 0 Å². The van der Waals surface area contributed by atoms with Gasteiger partial charge in [-0.05, 0) is 6.07 Å². The molecule has 112 valence electrons. The van der Waals surface area contributed by atoms with Crippen LogP contribution in [0.15, 0.2) is 12.3 Å². The van der Waals surface area contributed by atoms with E-state index in [4.69, 9.17) is 22.1 Å². The van der Waals surface area contributed by atoms with Crippen molar-refractivity contribution in [2.24, 2.45) is 7.05 Å². The fourth-order valence-electron chi connectivity index (χ4n) is 1.62. The second kappa shape index (κ2) is 5.96. The molecule has 0 radical (unpaired) electrons. The topological polar surface area (TPSA) is 99.2 Å². The first-order valence-electron chi connectivity index (χ1n) is 6.03. The van der Waals surface area contributed by atoms with Crippen LogP contribution in [0.2, 0.25) is 5.02 Å². The molecule has 0 atom stereocenters. The van der Waals surface area contributed by atoms with Gasteiger partial charge in [-0.2, -0.15) is 15.0 Å². The monoisotopic (exact) mass is 310 g/mol. The lowest BCUT2D eigenvalue weighted by Crippen LogP contribution is -2.17. The first kappa shape index (κ1) is 15.0. The molecule has 0 aromatic carbocycles. The first-order valence-corrected chi connectivity index (χ1v) is 6.41. The average molecular weight is 311 g/mol. The Balaban J connectivity index is 2.09. The third kappa shape index (κ3) is 3.60. The van der Waals surface area contributed by atoms with Gasteiger partial charge in [0.05, 0.1) is 5.02 Å². The van der Waals surface area contributed by atoms with E-state index in [-0.39, 0.29) is 18.4 Å². The fraction of sp³-hybridized carbons (Fsp3) is 0.333. The second-order valence-corrected chi connectivity index (χ2v) is 4.97. The number of halogens is 1. The lowest BCUT2D eigenvalue weighted by atomic mass is 10.4. The van der Waals surface area contributed by atoms with E-state index < -0.39 is 5.97 Å². The molecule has 0 amide bonds. The maximum Gasteiger partial charge on any atom is 0.355 e. The van der Waals surface area contributed by atoms with Gasteiger partial charge < -0.3 is 19.9 Å². The van der Waals surface area contributed by atoms with E-state index in [0.717, 1.165) is 0 Å². The van der Waals surface area contributed by atoms with Crippen molar-refractivity contribution in [3.8, 4) is 0 Å². The van der Waals surface area contributed by atoms with Gasteiger partial charge in [0.1, 0.15) is 5.69 Å². The molecule has 0 aliphatic carbocycles. The van der Waals surface area contributed by atoms with E-state index in [2.05, 4.69) is 15.0 Å². The number of aromatic nitrogens is 4. The molecule has 2 heterocycles. The number of esters is 1. The molecule has 0 spiro atoms. The van der Waals surface area contributed by atoms with Gasteiger partial charge in [0.2, 0.25) is 11.9 Å². The Morgan fingerprint density at radius 3 is 2.71 bits per heavy atom. The molecule has 2 rings (SSSR count). The van der Waals surface area contributed by atoms with E-state index in [1.807, 2.05) is 0 Å². The third-order valence-corrected chi connectivity index (χ3v) is 2.81. The highest BCUT2D eigenvalue weighted by Crippen LogP contribution is 2.14. The number of carbonyl (C=O) groups is 1. The lowest BCUT2D eigenvalue weighted by molar-refractivity contribution is 0.0451.